The molecule has 7 rings (SSSR count). The average molecular weight is 686 g/mol. The fourth-order valence-electron chi connectivity index (χ4n) is 7.89. The van der Waals surface area contributed by atoms with Gasteiger partial charge in [0.25, 0.3) is 5.92 Å². The number of anilines is 1. The molecule has 1 aromatic carbocycles. The Labute approximate surface area is 275 Å². The summed E-state index contributed by atoms with van der Waals surface area (Å²) in [5, 5.41) is 5.18. The number of fused-ring (bicyclic) bond motifs is 1. The van der Waals surface area contributed by atoms with E-state index in [0.29, 0.717) is 30.9 Å². The number of aromatic nitrogens is 2. The summed E-state index contributed by atoms with van der Waals surface area (Å²) in [6.45, 7) is 9.74. The van der Waals surface area contributed by atoms with Gasteiger partial charge in [0, 0.05) is 64.5 Å². The van der Waals surface area contributed by atoms with Crippen LogP contribution in [0.5, 0.6) is 0 Å². The zero-order valence-corrected chi connectivity index (χ0v) is 27.5. The summed E-state index contributed by atoms with van der Waals surface area (Å²) in [5.74, 6) is -3.37. The number of amides is 2. The minimum absolute atomic E-state index is 0.205. The number of likely N-dealkylation sites (tertiary alicyclic amines) is 1. The average Bonchev–Trinajstić information content (AvgIpc) is 3.26. The third-order valence-electron chi connectivity index (χ3n) is 10.2. The zero-order chi connectivity index (χ0) is 35.0. The summed E-state index contributed by atoms with van der Waals surface area (Å²) >= 11 is 0. The Morgan fingerprint density at radius 1 is 0.938 bits per heavy atom. The topological polar surface area (TPSA) is 112 Å². The predicted molar refractivity (Wildman–Crippen MR) is 169 cm³/mol. The van der Waals surface area contributed by atoms with Crippen LogP contribution in [0, 0.1) is 5.41 Å². The molecule has 1 spiro atoms. The largest absolute Gasteiger partial charge is 0.446 e. The number of nitrogens with zero attached hydrogens (tertiary/aromatic N) is 5. The maximum absolute atomic E-state index is 14.3. The lowest BCUT2D eigenvalue weighted by Gasteiger charge is -2.64. The Morgan fingerprint density at radius 2 is 1.58 bits per heavy atom. The number of carbonyl (C=O) groups excluding carboxylic acids is 3. The lowest BCUT2D eigenvalue weighted by molar-refractivity contribution is -0.180. The van der Waals surface area contributed by atoms with Gasteiger partial charge in [0.2, 0.25) is 18.1 Å². The first-order valence-electron chi connectivity index (χ1n) is 16.6. The molecule has 2 amide bonds. The first-order valence-corrected chi connectivity index (χ1v) is 16.6. The summed E-state index contributed by atoms with van der Waals surface area (Å²) in [5.41, 5.74) is 2.48. The van der Waals surface area contributed by atoms with Crippen molar-refractivity contribution in [1.29, 1.82) is 0 Å². The number of rotatable bonds is 4. The van der Waals surface area contributed by atoms with Gasteiger partial charge in [-0.25, -0.2) is 13.6 Å². The second-order valence-electron chi connectivity index (χ2n) is 13.2. The van der Waals surface area contributed by atoms with E-state index < -0.39 is 36.4 Å². The minimum atomic E-state index is -4.64. The van der Waals surface area contributed by atoms with Crippen molar-refractivity contribution in [2.75, 3.05) is 57.3 Å². The first-order chi connectivity index (χ1) is 22.7. The molecular weight excluding hydrogens is 641 g/mol. The molecule has 4 saturated heterocycles. The van der Waals surface area contributed by atoms with Gasteiger partial charge in [0.1, 0.15) is 6.04 Å². The van der Waals surface area contributed by atoms with Gasteiger partial charge in [0.05, 0.1) is 23.6 Å². The molecule has 2 atom stereocenters. The number of hydrogen-bond donors (Lipinski definition) is 2. The normalized spacial score (nSPS) is 26.0. The van der Waals surface area contributed by atoms with Crippen LogP contribution >= 0.6 is 0 Å². The van der Waals surface area contributed by atoms with E-state index >= 15 is 0 Å². The maximum atomic E-state index is 14.3. The van der Waals surface area contributed by atoms with Gasteiger partial charge in [0.15, 0.2) is 0 Å². The number of piperidine rings is 2. The van der Waals surface area contributed by atoms with Crippen LogP contribution in [0.3, 0.4) is 0 Å². The van der Waals surface area contributed by atoms with E-state index in [9.17, 15) is 36.3 Å². The molecular formula is C32H44F5N7O4. The number of hydrogen-bond acceptors (Lipinski definition) is 8. The SMILES string of the molecule is CC.Cn1c(=O)n(C2CCC(=O)NC2=O)c2ccc(N3CCN(C4CC5(C4)CN(C4CCNCC4(F)F)C5)CC3)cc21.O=CC(F)(F)F. The van der Waals surface area contributed by atoms with Gasteiger partial charge in [-0.2, -0.15) is 13.2 Å². The summed E-state index contributed by atoms with van der Waals surface area (Å²) in [6.07, 6.45) is -2.44. The number of alkyl halides is 5. The van der Waals surface area contributed by atoms with Crippen LogP contribution in [0.2, 0.25) is 0 Å². The van der Waals surface area contributed by atoms with Gasteiger partial charge in [-0.1, -0.05) is 13.8 Å². The molecule has 266 valence electrons. The number of carbonyl (C=O) groups is 3. The highest BCUT2D eigenvalue weighted by Crippen LogP contribution is 2.52. The molecule has 2 aromatic rings. The van der Waals surface area contributed by atoms with Gasteiger partial charge in [-0.3, -0.25) is 38.6 Å². The molecule has 1 aromatic heterocycles. The fraction of sp³-hybridized carbons (Fsp3) is 0.688. The lowest BCUT2D eigenvalue weighted by atomic mass is 9.59. The molecule has 16 heteroatoms. The van der Waals surface area contributed by atoms with Crippen molar-refractivity contribution in [1.82, 2.24) is 29.6 Å². The molecule has 5 fully saturated rings. The van der Waals surface area contributed by atoms with Crippen LogP contribution in [0.4, 0.5) is 27.6 Å². The Balaban J connectivity index is 0.000000511. The van der Waals surface area contributed by atoms with Crippen molar-refractivity contribution >= 4 is 34.8 Å². The van der Waals surface area contributed by atoms with E-state index in [1.807, 2.05) is 36.9 Å². The molecule has 1 aliphatic carbocycles. The summed E-state index contributed by atoms with van der Waals surface area (Å²) in [6, 6.07) is 5.17. The van der Waals surface area contributed by atoms with Crippen molar-refractivity contribution in [3.05, 3.63) is 28.7 Å². The number of aldehydes is 1. The van der Waals surface area contributed by atoms with Crippen LogP contribution in [0.1, 0.15) is 52.0 Å². The highest BCUT2D eigenvalue weighted by Gasteiger charge is 2.58. The van der Waals surface area contributed by atoms with E-state index in [1.54, 1.807) is 11.6 Å². The van der Waals surface area contributed by atoms with Crippen LogP contribution < -0.4 is 21.2 Å². The zero-order valence-electron chi connectivity index (χ0n) is 27.5. The van der Waals surface area contributed by atoms with E-state index in [4.69, 9.17) is 4.79 Å². The van der Waals surface area contributed by atoms with E-state index in [0.717, 1.165) is 63.3 Å². The van der Waals surface area contributed by atoms with Crippen molar-refractivity contribution in [3.63, 3.8) is 0 Å². The second kappa shape index (κ2) is 13.9. The third kappa shape index (κ3) is 7.15. The molecule has 0 bridgehead atoms. The van der Waals surface area contributed by atoms with Gasteiger partial charge in [-0.15, -0.1) is 0 Å². The van der Waals surface area contributed by atoms with Crippen LogP contribution in [0.25, 0.3) is 11.0 Å². The Hall–Kier alpha value is -3.37. The highest BCUT2D eigenvalue weighted by molar-refractivity contribution is 6.00. The Bertz CT molecular complexity index is 1550. The minimum Gasteiger partial charge on any atom is -0.369 e. The maximum Gasteiger partial charge on any atom is 0.446 e. The molecule has 11 nitrogen and oxygen atoms in total. The number of benzene rings is 1. The predicted octanol–water partition coefficient (Wildman–Crippen LogP) is 2.68. The van der Waals surface area contributed by atoms with Crippen molar-refractivity contribution in [2.45, 2.75) is 76.2 Å². The molecule has 5 heterocycles. The van der Waals surface area contributed by atoms with Crippen LogP contribution in [-0.2, 0) is 21.4 Å². The molecule has 2 unspecified atom stereocenters. The van der Waals surface area contributed by atoms with E-state index in [1.165, 1.54) is 4.57 Å². The number of aryl methyl sites for hydroxylation is 1. The molecule has 0 radical (unpaired) electrons. The van der Waals surface area contributed by atoms with Gasteiger partial charge in [-0.05, 0) is 55.8 Å². The molecule has 1 saturated carbocycles. The lowest BCUT2D eigenvalue weighted by Crippen LogP contribution is -2.72. The number of halogens is 5. The van der Waals surface area contributed by atoms with E-state index in [2.05, 4.69) is 20.4 Å². The van der Waals surface area contributed by atoms with E-state index in [-0.39, 0.29) is 30.0 Å². The highest BCUT2D eigenvalue weighted by atomic mass is 19.4. The smallest absolute Gasteiger partial charge is 0.369 e. The first kappa shape index (κ1) is 35.9. The van der Waals surface area contributed by atoms with Gasteiger partial charge >= 0.3 is 11.9 Å². The van der Waals surface area contributed by atoms with Crippen LogP contribution in [-0.4, -0.2) is 114 Å². The van der Waals surface area contributed by atoms with Gasteiger partial charge < -0.3 is 10.2 Å². The van der Waals surface area contributed by atoms with Crippen molar-refractivity contribution in [3.8, 4) is 0 Å². The third-order valence-corrected chi connectivity index (χ3v) is 10.2. The quantitative estimate of drug-likeness (QED) is 0.287. The standard InChI is InChI=1S/C28H37F2N7O3.C2HF3O.C2H6/c1-33-22-12-18(2-3-20(22)37(26(33)40)21-4-5-24(38)32-25(21)39)34-8-10-35(11-9-34)19-13-27(14-19)16-36(17-27)23-6-7-31-15-28(23,29)30;3-2(4,5)1-6;1-2/h2-3,12,19,21,23,31H,4-11,13-17H2,1H3,(H,32,38,39);1H;1-2H3. The summed E-state index contributed by atoms with van der Waals surface area (Å²) < 4.78 is 63.0. The number of imide groups is 1. The Kier molecular flexibility index (Phi) is 10.4. The molecule has 2 N–H and O–H groups in total. The second-order valence-corrected chi connectivity index (χ2v) is 13.2. The summed E-state index contributed by atoms with van der Waals surface area (Å²) in [4.78, 5) is 52.8. The number of piperazine rings is 1. The Morgan fingerprint density at radius 3 is 2.17 bits per heavy atom. The number of nitrogens with one attached hydrogen (secondary N) is 2. The van der Waals surface area contributed by atoms with Crippen LogP contribution in [0.15, 0.2) is 23.0 Å². The van der Waals surface area contributed by atoms with Crippen molar-refractivity contribution in [2.24, 2.45) is 12.5 Å². The van der Waals surface area contributed by atoms with Crippen molar-refractivity contribution < 1.29 is 36.3 Å². The summed E-state index contributed by atoms with van der Waals surface area (Å²) in [7, 11) is 1.72. The molecule has 48 heavy (non-hydrogen) atoms. The monoisotopic (exact) mass is 685 g/mol. The fourth-order valence-corrected chi connectivity index (χ4v) is 7.89. The molecule has 5 aliphatic rings. The number of imidazole rings is 1. The molecule has 4 aliphatic heterocycles.